The van der Waals surface area contributed by atoms with Crippen molar-refractivity contribution in [1.29, 1.82) is 5.26 Å². The third kappa shape index (κ3) is 4.33. The van der Waals surface area contributed by atoms with Gasteiger partial charge in [0.1, 0.15) is 36.0 Å². The summed E-state index contributed by atoms with van der Waals surface area (Å²) in [5.41, 5.74) is 2.17. The molecule has 1 aromatic carbocycles. The lowest BCUT2D eigenvalue weighted by atomic mass is 10.1. The molecule has 0 amide bonds. The summed E-state index contributed by atoms with van der Waals surface area (Å²) in [6.45, 7) is 1.96. The van der Waals surface area contributed by atoms with Crippen molar-refractivity contribution in [3.8, 4) is 17.5 Å². The number of ether oxygens (including phenoxy) is 1. The zero-order chi connectivity index (χ0) is 20.2. The van der Waals surface area contributed by atoms with Crippen LogP contribution in [-0.2, 0) is 6.54 Å². The number of benzene rings is 1. The number of hydrogen-bond acceptors (Lipinski definition) is 7. The molecule has 2 aromatic heterocycles. The maximum Gasteiger partial charge on any atom is 0.158 e. The SMILES string of the molecule is COc1cc(CN2CCC(F)C2)ccc1-n1cnc(Nc2cnc(C#N)cn2)c1. The van der Waals surface area contributed by atoms with Gasteiger partial charge in [0, 0.05) is 19.6 Å². The molecule has 0 aliphatic carbocycles. The zero-order valence-electron chi connectivity index (χ0n) is 15.9. The van der Waals surface area contributed by atoms with E-state index in [-0.39, 0.29) is 5.69 Å². The fraction of sp³-hybridized carbons (Fsp3) is 0.300. The Morgan fingerprint density at radius 1 is 1.28 bits per heavy atom. The van der Waals surface area contributed by atoms with Gasteiger partial charge in [-0.2, -0.15) is 5.26 Å². The smallest absolute Gasteiger partial charge is 0.158 e. The molecule has 1 saturated heterocycles. The minimum Gasteiger partial charge on any atom is -0.495 e. The van der Waals surface area contributed by atoms with Crippen molar-refractivity contribution in [2.75, 3.05) is 25.5 Å². The Bertz CT molecular complexity index is 1030. The average Bonchev–Trinajstić information content (AvgIpc) is 3.37. The third-order valence-corrected chi connectivity index (χ3v) is 4.75. The molecule has 3 aromatic rings. The Morgan fingerprint density at radius 3 is 2.86 bits per heavy atom. The molecule has 1 N–H and O–H groups in total. The highest BCUT2D eigenvalue weighted by atomic mass is 19.1. The van der Waals surface area contributed by atoms with E-state index in [4.69, 9.17) is 10.00 Å². The molecule has 0 saturated carbocycles. The first-order valence-corrected chi connectivity index (χ1v) is 9.21. The lowest BCUT2D eigenvalue weighted by Crippen LogP contribution is -2.20. The molecule has 1 unspecified atom stereocenters. The number of alkyl halides is 1. The van der Waals surface area contributed by atoms with E-state index in [1.54, 1.807) is 13.4 Å². The van der Waals surface area contributed by atoms with Crippen LogP contribution in [0.1, 0.15) is 17.7 Å². The first kappa shape index (κ1) is 18.8. The molecule has 1 atom stereocenters. The summed E-state index contributed by atoms with van der Waals surface area (Å²) in [6.07, 6.45) is 6.23. The van der Waals surface area contributed by atoms with E-state index >= 15 is 0 Å². The second-order valence-corrected chi connectivity index (χ2v) is 6.82. The highest BCUT2D eigenvalue weighted by Gasteiger charge is 2.22. The largest absolute Gasteiger partial charge is 0.495 e. The predicted molar refractivity (Wildman–Crippen MR) is 105 cm³/mol. The number of aromatic nitrogens is 4. The van der Waals surface area contributed by atoms with E-state index in [9.17, 15) is 4.39 Å². The monoisotopic (exact) mass is 393 g/mol. The Hall–Kier alpha value is -3.51. The van der Waals surface area contributed by atoms with Gasteiger partial charge < -0.3 is 14.6 Å². The summed E-state index contributed by atoms with van der Waals surface area (Å²) < 4.78 is 20.8. The number of nitrogens with zero attached hydrogens (tertiary/aromatic N) is 6. The maximum atomic E-state index is 13.4. The second-order valence-electron chi connectivity index (χ2n) is 6.82. The van der Waals surface area contributed by atoms with Crippen molar-refractivity contribution < 1.29 is 9.13 Å². The van der Waals surface area contributed by atoms with Crippen LogP contribution >= 0.6 is 0 Å². The van der Waals surface area contributed by atoms with Gasteiger partial charge in [0.15, 0.2) is 5.69 Å². The highest BCUT2D eigenvalue weighted by Crippen LogP contribution is 2.27. The molecule has 4 rings (SSSR count). The van der Waals surface area contributed by atoms with E-state index in [0.29, 0.717) is 36.9 Å². The lowest BCUT2D eigenvalue weighted by molar-refractivity contribution is 0.282. The fourth-order valence-electron chi connectivity index (χ4n) is 3.32. The summed E-state index contributed by atoms with van der Waals surface area (Å²) in [5.74, 6) is 1.79. The summed E-state index contributed by atoms with van der Waals surface area (Å²) in [7, 11) is 1.62. The Kier molecular flexibility index (Phi) is 5.35. The normalized spacial score (nSPS) is 16.5. The Balaban J connectivity index is 1.49. The highest BCUT2D eigenvalue weighted by molar-refractivity contribution is 5.54. The minimum absolute atomic E-state index is 0.252. The molecule has 1 aliphatic heterocycles. The molecular weight excluding hydrogens is 373 g/mol. The van der Waals surface area contributed by atoms with Crippen LogP contribution in [0.15, 0.2) is 43.1 Å². The summed E-state index contributed by atoms with van der Waals surface area (Å²) in [5, 5.41) is 11.8. The van der Waals surface area contributed by atoms with Crippen molar-refractivity contribution in [3.63, 3.8) is 0 Å². The number of nitriles is 1. The predicted octanol–water partition coefficient (Wildman–Crippen LogP) is 2.83. The average molecular weight is 393 g/mol. The van der Waals surface area contributed by atoms with Crippen molar-refractivity contribution in [2.24, 2.45) is 0 Å². The third-order valence-electron chi connectivity index (χ3n) is 4.75. The number of rotatable bonds is 6. The molecule has 29 heavy (non-hydrogen) atoms. The van der Waals surface area contributed by atoms with Gasteiger partial charge >= 0.3 is 0 Å². The fourth-order valence-corrected chi connectivity index (χ4v) is 3.32. The van der Waals surface area contributed by atoms with E-state index in [1.807, 2.05) is 35.0 Å². The summed E-state index contributed by atoms with van der Waals surface area (Å²) >= 11 is 0. The first-order valence-electron chi connectivity index (χ1n) is 9.21. The number of likely N-dealkylation sites (tertiary alicyclic amines) is 1. The van der Waals surface area contributed by atoms with E-state index in [2.05, 4.69) is 25.2 Å². The van der Waals surface area contributed by atoms with Crippen molar-refractivity contribution in [3.05, 3.63) is 54.4 Å². The Labute approximate surface area is 167 Å². The van der Waals surface area contributed by atoms with Crippen LogP contribution in [0.25, 0.3) is 5.69 Å². The van der Waals surface area contributed by atoms with Crippen LogP contribution in [0.2, 0.25) is 0 Å². The van der Waals surface area contributed by atoms with E-state index in [1.165, 1.54) is 12.4 Å². The van der Waals surface area contributed by atoms with Gasteiger partial charge in [-0.1, -0.05) is 6.07 Å². The van der Waals surface area contributed by atoms with Crippen molar-refractivity contribution in [1.82, 2.24) is 24.4 Å². The van der Waals surface area contributed by atoms with Crippen LogP contribution in [0, 0.1) is 11.3 Å². The molecule has 1 fully saturated rings. The van der Waals surface area contributed by atoms with Gasteiger partial charge in [0.05, 0.1) is 31.4 Å². The zero-order valence-corrected chi connectivity index (χ0v) is 15.9. The number of halogens is 1. The van der Waals surface area contributed by atoms with E-state index < -0.39 is 6.17 Å². The number of methoxy groups -OCH3 is 1. The number of nitrogens with one attached hydrogen (secondary N) is 1. The molecular formula is C20H20FN7O. The Morgan fingerprint density at radius 2 is 2.17 bits per heavy atom. The van der Waals surface area contributed by atoms with Gasteiger partial charge in [-0.05, 0) is 24.1 Å². The lowest BCUT2D eigenvalue weighted by Gasteiger charge is -2.16. The molecule has 0 radical (unpaired) electrons. The second kappa shape index (κ2) is 8.24. The molecule has 1 aliphatic rings. The first-order chi connectivity index (χ1) is 14.1. The van der Waals surface area contributed by atoms with Gasteiger partial charge in [-0.25, -0.2) is 19.3 Å². The van der Waals surface area contributed by atoms with Crippen LogP contribution in [0.3, 0.4) is 0 Å². The van der Waals surface area contributed by atoms with Gasteiger partial charge in [0.2, 0.25) is 0 Å². The summed E-state index contributed by atoms with van der Waals surface area (Å²) in [4.78, 5) is 14.5. The van der Waals surface area contributed by atoms with Crippen LogP contribution < -0.4 is 10.1 Å². The molecule has 9 heteroatoms. The minimum atomic E-state index is -0.728. The summed E-state index contributed by atoms with van der Waals surface area (Å²) in [6, 6.07) is 7.88. The van der Waals surface area contributed by atoms with Crippen LogP contribution in [0.4, 0.5) is 16.0 Å². The van der Waals surface area contributed by atoms with Crippen LogP contribution in [-0.4, -0.2) is 50.8 Å². The topological polar surface area (TPSA) is 91.9 Å². The quantitative estimate of drug-likeness (QED) is 0.688. The van der Waals surface area contributed by atoms with Crippen molar-refractivity contribution >= 4 is 11.6 Å². The van der Waals surface area contributed by atoms with Crippen molar-refractivity contribution in [2.45, 2.75) is 19.1 Å². The number of hydrogen-bond donors (Lipinski definition) is 1. The molecule has 0 spiro atoms. The standard InChI is InChI=1S/C20H20FN7O/c1-29-18-6-14(10-27-5-4-15(21)11-27)2-3-17(18)28-12-20(25-13-28)26-19-9-23-16(7-22)8-24-19/h2-3,6,8-9,12-13,15H,4-5,10-11H2,1H3,(H,24,26). The van der Waals surface area contributed by atoms with Gasteiger partial charge in [-0.3, -0.25) is 4.90 Å². The molecule has 3 heterocycles. The molecule has 0 bridgehead atoms. The van der Waals surface area contributed by atoms with E-state index in [0.717, 1.165) is 17.8 Å². The van der Waals surface area contributed by atoms with Crippen LogP contribution in [0.5, 0.6) is 5.75 Å². The number of imidazole rings is 1. The number of anilines is 2. The molecule has 148 valence electrons. The maximum absolute atomic E-state index is 13.4. The molecule has 8 nitrogen and oxygen atoms in total. The van der Waals surface area contributed by atoms with Gasteiger partial charge in [0.25, 0.3) is 0 Å². The van der Waals surface area contributed by atoms with Gasteiger partial charge in [-0.15, -0.1) is 0 Å².